The van der Waals surface area contributed by atoms with Crippen molar-refractivity contribution in [3.8, 4) is 0 Å². The lowest BCUT2D eigenvalue weighted by atomic mass is 10.1. The molecule has 6 nitrogen and oxygen atoms in total. The molecule has 0 saturated carbocycles. The molecule has 0 bridgehead atoms. The van der Waals surface area contributed by atoms with Crippen molar-refractivity contribution in [3.63, 3.8) is 0 Å². The largest absolute Gasteiger partial charge is 0.449 e. The van der Waals surface area contributed by atoms with Crippen LogP contribution < -0.4 is 10.9 Å². The molecule has 1 amide bonds. The lowest BCUT2D eigenvalue weighted by Gasteiger charge is -2.15. The van der Waals surface area contributed by atoms with Gasteiger partial charge in [-0.2, -0.15) is 0 Å². The second kappa shape index (κ2) is 7.59. The minimum Gasteiger partial charge on any atom is -0.449 e. The van der Waals surface area contributed by atoms with Crippen LogP contribution in [0.25, 0.3) is 21.7 Å². The van der Waals surface area contributed by atoms with Crippen molar-refractivity contribution in [2.75, 3.05) is 5.32 Å². The van der Waals surface area contributed by atoms with E-state index in [0.29, 0.717) is 16.6 Å². The number of fused-ring (bicyclic) bond motifs is 2. The molecule has 144 valence electrons. The molecular formula is C23H18N2O4. The first-order chi connectivity index (χ1) is 14.0. The minimum atomic E-state index is -1.04. The Morgan fingerprint density at radius 1 is 0.931 bits per heavy atom. The molecule has 0 saturated heterocycles. The highest BCUT2D eigenvalue weighted by molar-refractivity contribution is 6.06. The molecule has 0 aliphatic rings. The molecule has 2 N–H and O–H groups in total. The van der Waals surface area contributed by atoms with Crippen molar-refractivity contribution in [2.45, 2.75) is 13.0 Å². The van der Waals surface area contributed by atoms with Gasteiger partial charge in [0.15, 0.2) is 6.10 Å². The van der Waals surface area contributed by atoms with Gasteiger partial charge in [-0.25, -0.2) is 4.79 Å². The third-order valence-corrected chi connectivity index (χ3v) is 4.67. The van der Waals surface area contributed by atoms with Crippen LogP contribution in [0.5, 0.6) is 0 Å². The Morgan fingerprint density at radius 2 is 1.62 bits per heavy atom. The Labute approximate surface area is 166 Å². The molecule has 1 heterocycles. The third-order valence-electron chi connectivity index (χ3n) is 4.67. The first-order valence-corrected chi connectivity index (χ1v) is 9.14. The van der Waals surface area contributed by atoms with Gasteiger partial charge in [-0.3, -0.25) is 9.59 Å². The maximum absolute atomic E-state index is 12.6. The van der Waals surface area contributed by atoms with Gasteiger partial charge in [0.2, 0.25) is 5.56 Å². The Kier molecular flexibility index (Phi) is 4.83. The van der Waals surface area contributed by atoms with Crippen LogP contribution in [0, 0.1) is 0 Å². The summed E-state index contributed by atoms with van der Waals surface area (Å²) in [6.45, 7) is 1.49. The number of amides is 1. The van der Waals surface area contributed by atoms with Crippen LogP contribution in [-0.4, -0.2) is 23.0 Å². The molecule has 0 aliphatic heterocycles. The molecule has 0 spiro atoms. The van der Waals surface area contributed by atoms with E-state index in [0.717, 1.165) is 10.8 Å². The first-order valence-electron chi connectivity index (χ1n) is 9.14. The highest BCUT2D eigenvalue weighted by Crippen LogP contribution is 2.23. The number of carbonyl (C=O) groups is 2. The van der Waals surface area contributed by atoms with Gasteiger partial charge in [-0.15, -0.1) is 0 Å². The van der Waals surface area contributed by atoms with Crippen LogP contribution in [0.15, 0.2) is 77.6 Å². The Bertz CT molecular complexity index is 1290. The van der Waals surface area contributed by atoms with Gasteiger partial charge < -0.3 is 15.0 Å². The molecular weight excluding hydrogens is 368 g/mol. The van der Waals surface area contributed by atoms with Crippen molar-refractivity contribution in [1.29, 1.82) is 0 Å². The summed E-state index contributed by atoms with van der Waals surface area (Å²) in [6, 6.07) is 21.4. The van der Waals surface area contributed by atoms with Gasteiger partial charge in [0.25, 0.3) is 5.91 Å². The van der Waals surface area contributed by atoms with E-state index in [1.54, 1.807) is 30.3 Å². The number of benzene rings is 3. The van der Waals surface area contributed by atoms with Gasteiger partial charge in [0, 0.05) is 28.0 Å². The number of pyridine rings is 1. The van der Waals surface area contributed by atoms with Gasteiger partial charge in [-0.05, 0) is 24.4 Å². The van der Waals surface area contributed by atoms with Gasteiger partial charge in [-0.1, -0.05) is 54.6 Å². The quantitative estimate of drug-likeness (QED) is 0.521. The Balaban J connectivity index is 1.55. The Hall–Kier alpha value is -3.93. The highest BCUT2D eigenvalue weighted by atomic mass is 16.5. The van der Waals surface area contributed by atoms with Crippen molar-refractivity contribution in [1.82, 2.24) is 4.98 Å². The fraction of sp³-hybridized carbons (Fsp3) is 0.0870. The SMILES string of the molecule is CC(OC(=O)c1cc(=O)[nH]c2ccccc12)C(=O)Nc1cccc2ccccc12. The van der Waals surface area contributed by atoms with Crippen LogP contribution in [0.3, 0.4) is 0 Å². The van der Waals surface area contributed by atoms with Crippen molar-refractivity contribution < 1.29 is 14.3 Å². The Morgan fingerprint density at radius 3 is 2.45 bits per heavy atom. The number of nitrogens with one attached hydrogen (secondary N) is 2. The molecule has 1 atom stereocenters. The number of aromatic amines is 1. The number of anilines is 1. The number of ether oxygens (including phenoxy) is 1. The van der Waals surface area contributed by atoms with Crippen LogP contribution >= 0.6 is 0 Å². The molecule has 0 fully saturated rings. The van der Waals surface area contributed by atoms with Gasteiger partial charge >= 0.3 is 5.97 Å². The maximum Gasteiger partial charge on any atom is 0.339 e. The molecule has 6 heteroatoms. The molecule has 0 radical (unpaired) electrons. The highest BCUT2D eigenvalue weighted by Gasteiger charge is 2.21. The number of carbonyl (C=O) groups excluding carboxylic acids is 2. The number of esters is 1. The number of hydrogen-bond donors (Lipinski definition) is 2. The van der Waals surface area contributed by atoms with Gasteiger partial charge in [0.05, 0.1) is 5.56 Å². The molecule has 1 aromatic heterocycles. The van der Waals surface area contributed by atoms with E-state index in [9.17, 15) is 14.4 Å². The normalized spacial score (nSPS) is 11.9. The number of rotatable bonds is 4. The smallest absolute Gasteiger partial charge is 0.339 e. The topological polar surface area (TPSA) is 88.3 Å². The molecule has 1 unspecified atom stereocenters. The minimum absolute atomic E-state index is 0.120. The van der Waals surface area contributed by atoms with Crippen molar-refractivity contribution in [2.24, 2.45) is 0 Å². The van der Waals surface area contributed by atoms with E-state index >= 15 is 0 Å². The number of aromatic nitrogens is 1. The first kappa shape index (κ1) is 18.4. The summed E-state index contributed by atoms with van der Waals surface area (Å²) in [5, 5.41) is 5.24. The second-order valence-corrected chi connectivity index (χ2v) is 6.66. The van der Waals surface area contributed by atoms with Crippen LogP contribution in [0.2, 0.25) is 0 Å². The van der Waals surface area contributed by atoms with Gasteiger partial charge in [0.1, 0.15) is 0 Å². The summed E-state index contributed by atoms with van der Waals surface area (Å²) in [7, 11) is 0. The van der Waals surface area contributed by atoms with Crippen LogP contribution in [0.4, 0.5) is 5.69 Å². The van der Waals surface area contributed by atoms with Crippen molar-refractivity contribution >= 4 is 39.2 Å². The summed E-state index contributed by atoms with van der Waals surface area (Å²) in [4.78, 5) is 39.8. The van der Waals surface area contributed by atoms with Crippen LogP contribution in [-0.2, 0) is 9.53 Å². The zero-order valence-electron chi connectivity index (χ0n) is 15.6. The third kappa shape index (κ3) is 3.73. The summed E-state index contributed by atoms with van der Waals surface area (Å²) in [5.74, 6) is -1.18. The maximum atomic E-state index is 12.6. The average Bonchev–Trinajstić information content (AvgIpc) is 2.73. The van der Waals surface area contributed by atoms with Crippen LogP contribution in [0.1, 0.15) is 17.3 Å². The number of hydrogen-bond acceptors (Lipinski definition) is 4. The average molecular weight is 386 g/mol. The molecule has 29 heavy (non-hydrogen) atoms. The standard InChI is InChI=1S/C23H18N2O4/c1-14(22(27)25-19-12-6-8-15-7-2-3-9-16(15)19)29-23(28)18-13-21(26)24-20-11-5-4-10-17(18)20/h2-14H,1H3,(H,24,26)(H,25,27). The monoisotopic (exact) mass is 386 g/mol. The summed E-state index contributed by atoms with van der Waals surface area (Å²) in [5.41, 5.74) is 0.870. The zero-order chi connectivity index (χ0) is 20.4. The zero-order valence-corrected chi connectivity index (χ0v) is 15.6. The molecule has 0 aliphatic carbocycles. The fourth-order valence-electron chi connectivity index (χ4n) is 3.22. The van der Waals surface area contributed by atoms with E-state index in [-0.39, 0.29) is 5.56 Å². The van der Waals surface area contributed by atoms with Crippen molar-refractivity contribution in [3.05, 3.63) is 88.7 Å². The summed E-state index contributed by atoms with van der Waals surface area (Å²) >= 11 is 0. The number of H-pyrrole nitrogens is 1. The van der Waals surface area contributed by atoms with E-state index in [1.807, 2.05) is 36.4 Å². The lowest BCUT2D eigenvalue weighted by molar-refractivity contribution is -0.123. The fourth-order valence-corrected chi connectivity index (χ4v) is 3.22. The van der Waals surface area contributed by atoms with E-state index in [4.69, 9.17) is 4.74 Å². The summed E-state index contributed by atoms with van der Waals surface area (Å²) in [6.07, 6.45) is -1.04. The summed E-state index contributed by atoms with van der Waals surface area (Å²) < 4.78 is 5.34. The van der Waals surface area contributed by atoms with E-state index in [1.165, 1.54) is 13.0 Å². The predicted octanol–water partition coefficient (Wildman–Crippen LogP) is 3.87. The molecule has 4 aromatic rings. The lowest BCUT2D eigenvalue weighted by Crippen LogP contribution is -2.30. The number of para-hydroxylation sites is 1. The van der Waals surface area contributed by atoms with E-state index in [2.05, 4.69) is 10.3 Å². The second-order valence-electron chi connectivity index (χ2n) is 6.66. The van der Waals surface area contributed by atoms with E-state index < -0.39 is 23.5 Å². The molecule has 3 aromatic carbocycles. The molecule has 4 rings (SSSR count). The predicted molar refractivity (Wildman–Crippen MR) is 112 cm³/mol.